The van der Waals surface area contributed by atoms with Crippen LogP contribution in [0.25, 0.3) is 0 Å². The zero-order chi connectivity index (χ0) is 21.2. The first kappa shape index (κ1) is 19.8. The van der Waals surface area contributed by atoms with Crippen LogP contribution in [0.2, 0.25) is 0 Å². The van der Waals surface area contributed by atoms with Gasteiger partial charge in [0.2, 0.25) is 0 Å². The van der Waals surface area contributed by atoms with E-state index in [0.29, 0.717) is 29.8 Å². The monoisotopic (exact) mass is 442 g/mol. The van der Waals surface area contributed by atoms with Crippen molar-refractivity contribution in [1.82, 2.24) is 25.5 Å². The summed E-state index contributed by atoms with van der Waals surface area (Å²) in [6.07, 6.45) is -0.487. The number of benzene rings is 2. The van der Waals surface area contributed by atoms with Crippen LogP contribution in [-0.4, -0.2) is 56.8 Å². The van der Waals surface area contributed by atoms with E-state index in [1.54, 1.807) is 16.8 Å². The number of hydrogen-bond acceptors (Lipinski definition) is 7. The minimum Gasteiger partial charge on any atom is -0.423 e. The Morgan fingerprint density at radius 2 is 1.84 bits per heavy atom. The maximum Gasteiger partial charge on any atom is 0.341 e. The lowest BCUT2D eigenvalue weighted by molar-refractivity contribution is 0.0615. The number of anilines is 1. The lowest BCUT2D eigenvalue weighted by atomic mass is 10.1. The van der Waals surface area contributed by atoms with Crippen molar-refractivity contribution in [3.63, 3.8) is 0 Å². The number of rotatable bonds is 5. The number of fused-ring (bicyclic) bond motifs is 1. The van der Waals surface area contributed by atoms with Crippen molar-refractivity contribution < 1.29 is 18.6 Å². The average Bonchev–Trinajstić information content (AvgIpc) is 3.48. The molecule has 3 heterocycles. The van der Waals surface area contributed by atoms with E-state index in [4.69, 9.17) is 26.4 Å². The smallest absolute Gasteiger partial charge is 0.341 e. The van der Waals surface area contributed by atoms with Crippen LogP contribution in [0.4, 0.5) is 10.1 Å². The van der Waals surface area contributed by atoms with Crippen molar-refractivity contribution in [2.24, 2.45) is 0 Å². The molecule has 0 spiro atoms. The van der Waals surface area contributed by atoms with E-state index >= 15 is 0 Å². The van der Waals surface area contributed by atoms with Crippen molar-refractivity contribution in [2.45, 2.75) is 24.3 Å². The summed E-state index contributed by atoms with van der Waals surface area (Å²) in [5.41, 5.74) is 0.691. The van der Waals surface area contributed by atoms with Gasteiger partial charge >= 0.3 is 6.01 Å². The number of nitrogens with one attached hydrogen (secondary N) is 2. The molecule has 2 saturated heterocycles. The molecule has 1 aromatic heterocycles. The van der Waals surface area contributed by atoms with Crippen LogP contribution in [0.15, 0.2) is 54.6 Å². The topological polar surface area (TPSA) is 95.3 Å². The summed E-state index contributed by atoms with van der Waals surface area (Å²) >= 11 is 5.38. The number of hydrogen-bond donors (Lipinski definition) is 2. The molecule has 0 saturated carbocycles. The number of aromatic nitrogens is 4. The molecule has 0 bridgehead atoms. The van der Waals surface area contributed by atoms with Crippen molar-refractivity contribution in [1.29, 1.82) is 0 Å². The summed E-state index contributed by atoms with van der Waals surface area (Å²) < 4.78 is 32.5. The summed E-state index contributed by atoms with van der Waals surface area (Å²) in [7, 11) is 0. The fourth-order valence-electron chi connectivity index (χ4n) is 3.74. The van der Waals surface area contributed by atoms with Crippen LogP contribution >= 0.6 is 12.2 Å². The number of ether oxygens (including phenoxy) is 3. The van der Waals surface area contributed by atoms with Crippen LogP contribution in [0.3, 0.4) is 0 Å². The second-order valence-corrected chi connectivity index (χ2v) is 7.60. The van der Waals surface area contributed by atoms with Crippen LogP contribution < -0.4 is 15.4 Å². The Hall–Kier alpha value is -3.15. The average molecular weight is 442 g/mol. The molecule has 0 radical (unpaired) electrons. The van der Waals surface area contributed by atoms with Crippen molar-refractivity contribution >= 4 is 23.0 Å². The van der Waals surface area contributed by atoms with Gasteiger partial charge in [-0.05, 0) is 59.0 Å². The summed E-state index contributed by atoms with van der Waals surface area (Å²) in [5, 5.41) is 18.5. The van der Waals surface area contributed by atoms with Crippen molar-refractivity contribution in [2.75, 3.05) is 18.5 Å². The second-order valence-electron chi connectivity index (χ2n) is 7.20. The lowest BCUT2D eigenvalue weighted by Crippen LogP contribution is -2.45. The molecule has 3 aromatic rings. The Labute approximate surface area is 182 Å². The zero-order valence-electron chi connectivity index (χ0n) is 16.2. The van der Waals surface area contributed by atoms with Gasteiger partial charge in [-0.2, -0.15) is 4.68 Å². The standard InChI is InChI=1S/C20H19FN6O3S/c21-12-6-8-13(9-7-12)22-19(31)23-15-10-28-18-16(11-29-17(15)18)27-20(24-25-26-27)30-14-4-2-1-3-5-14/h1-9,15-18H,10-11H2,(H2,22,23,31)/t15-,16+,17-,18+/m0/s1. The van der Waals surface area contributed by atoms with Crippen LogP contribution in [0.1, 0.15) is 6.04 Å². The Balaban J connectivity index is 1.23. The van der Waals surface area contributed by atoms with Gasteiger partial charge in [0.25, 0.3) is 0 Å². The molecule has 0 aliphatic carbocycles. The Bertz CT molecular complexity index is 1050. The van der Waals surface area contributed by atoms with E-state index in [-0.39, 0.29) is 36.1 Å². The number of para-hydroxylation sites is 1. The quantitative estimate of drug-likeness (QED) is 0.577. The van der Waals surface area contributed by atoms with Gasteiger partial charge in [-0.15, -0.1) is 0 Å². The Morgan fingerprint density at radius 1 is 1.06 bits per heavy atom. The molecule has 2 N–H and O–H groups in total. The predicted molar refractivity (Wildman–Crippen MR) is 112 cm³/mol. The van der Waals surface area contributed by atoms with Gasteiger partial charge < -0.3 is 24.8 Å². The highest BCUT2D eigenvalue weighted by Gasteiger charge is 2.50. The second kappa shape index (κ2) is 8.53. The first-order valence-corrected chi connectivity index (χ1v) is 10.2. The Kier molecular flexibility index (Phi) is 5.45. The molecule has 5 rings (SSSR count). The maximum absolute atomic E-state index is 13.1. The highest BCUT2D eigenvalue weighted by Crippen LogP contribution is 2.36. The molecule has 0 amide bonds. The Morgan fingerprint density at radius 3 is 2.65 bits per heavy atom. The lowest BCUT2D eigenvalue weighted by Gasteiger charge is -2.20. The molecule has 2 aliphatic rings. The normalized spacial score (nSPS) is 24.5. The zero-order valence-corrected chi connectivity index (χ0v) is 17.0. The number of tetrazole rings is 1. The van der Waals surface area contributed by atoms with E-state index in [9.17, 15) is 4.39 Å². The highest BCUT2D eigenvalue weighted by molar-refractivity contribution is 7.80. The van der Waals surface area contributed by atoms with Gasteiger partial charge in [0.15, 0.2) is 5.11 Å². The SMILES string of the molecule is Fc1ccc(NC(=S)N[C@H]2CO[C@H]3[C@H]2OC[C@H]3n2nnnc2Oc2ccccc2)cc1. The largest absolute Gasteiger partial charge is 0.423 e. The molecular formula is C20H19FN6O3S. The van der Waals surface area contributed by atoms with Crippen LogP contribution in [0.5, 0.6) is 11.8 Å². The van der Waals surface area contributed by atoms with E-state index in [1.807, 2.05) is 30.3 Å². The molecule has 2 aliphatic heterocycles. The fraction of sp³-hybridized carbons (Fsp3) is 0.300. The molecule has 31 heavy (non-hydrogen) atoms. The van der Waals surface area contributed by atoms with E-state index < -0.39 is 0 Å². The van der Waals surface area contributed by atoms with E-state index in [0.717, 1.165) is 0 Å². The maximum atomic E-state index is 13.1. The van der Waals surface area contributed by atoms with Gasteiger partial charge in [0.05, 0.1) is 19.3 Å². The van der Waals surface area contributed by atoms with E-state index in [2.05, 4.69) is 26.2 Å². The fourth-order valence-corrected chi connectivity index (χ4v) is 4.01. The molecule has 2 fully saturated rings. The van der Waals surface area contributed by atoms with Crippen LogP contribution in [0, 0.1) is 5.82 Å². The molecule has 2 aromatic carbocycles. The molecule has 0 unspecified atom stereocenters. The van der Waals surface area contributed by atoms with Gasteiger partial charge in [-0.3, -0.25) is 0 Å². The minimum absolute atomic E-state index is 0.148. The van der Waals surface area contributed by atoms with Gasteiger partial charge in [0.1, 0.15) is 29.8 Å². The number of nitrogens with zero attached hydrogens (tertiary/aromatic N) is 4. The third-order valence-electron chi connectivity index (χ3n) is 5.17. The van der Waals surface area contributed by atoms with E-state index in [1.165, 1.54) is 12.1 Å². The summed E-state index contributed by atoms with van der Waals surface area (Å²) in [4.78, 5) is 0. The third kappa shape index (κ3) is 4.20. The minimum atomic E-state index is -0.305. The first-order valence-electron chi connectivity index (χ1n) is 9.74. The van der Waals surface area contributed by atoms with Gasteiger partial charge in [-0.25, -0.2) is 4.39 Å². The molecular weight excluding hydrogens is 423 g/mol. The summed E-state index contributed by atoms with van der Waals surface area (Å²) in [6.45, 7) is 0.788. The third-order valence-corrected chi connectivity index (χ3v) is 5.39. The van der Waals surface area contributed by atoms with Crippen LogP contribution in [-0.2, 0) is 9.47 Å². The highest BCUT2D eigenvalue weighted by atomic mass is 32.1. The van der Waals surface area contributed by atoms with Gasteiger partial charge in [-0.1, -0.05) is 23.3 Å². The summed E-state index contributed by atoms with van der Waals surface area (Å²) in [5.74, 6) is 0.332. The summed E-state index contributed by atoms with van der Waals surface area (Å²) in [6, 6.07) is 15.2. The number of thiocarbonyl (C=S) groups is 1. The number of halogens is 1. The molecule has 9 nitrogen and oxygen atoms in total. The van der Waals surface area contributed by atoms with Crippen molar-refractivity contribution in [3.8, 4) is 11.8 Å². The first-order chi connectivity index (χ1) is 15.2. The van der Waals surface area contributed by atoms with Crippen molar-refractivity contribution in [3.05, 3.63) is 60.4 Å². The van der Waals surface area contributed by atoms with Gasteiger partial charge in [0, 0.05) is 5.69 Å². The molecule has 160 valence electrons. The molecule has 4 atom stereocenters. The predicted octanol–water partition coefficient (Wildman–Crippen LogP) is 2.30. The molecule has 11 heteroatoms.